The van der Waals surface area contributed by atoms with Crippen molar-refractivity contribution in [2.75, 3.05) is 0 Å². The molecule has 0 aliphatic heterocycles. The van der Waals surface area contributed by atoms with E-state index in [1.807, 2.05) is 6.07 Å². The lowest BCUT2D eigenvalue weighted by Gasteiger charge is -2.30. The highest BCUT2D eigenvalue weighted by Crippen LogP contribution is 2.33. The van der Waals surface area contributed by atoms with Crippen molar-refractivity contribution in [3.8, 4) is 0 Å². The highest BCUT2D eigenvalue weighted by atomic mass is 19.4. The Kier molecular flexibility index (Phi) is 8.81. The van der Waals surface area contributed by atoms with Gasteiger partial charge in [0.1, 0.15) is 6.04 Å². The highest BCUT2D eigenvalue weighted by molar-refractivity contribution is 5.73. The van der Waals surface area contributed by atoms with E-state index in [9.17, 15) is 36.2 Å². The quantitative estimate of drug-likeness (QED) is 0.419. The van der Waals surface area contributed by atoms with Gasteiger partial charge in [0.25, 0.3) is 0 Å². The van der Waals surface area contributed by atoms with Crippen LogP contribution in [0.4, 0.5) is 31.1 Å². The number of aliphatic carboxylic acids is 1. The van der Waals surface area contributed by atoms with Gasteiger partial charge in [0.15, 0.2) is 0 Å². The summed E-state index contributed by atoms with van der Waals surface area (Å²) in [4.78, 5) is 26.3. The van der Waals surface area contributed by atoms with Crippen LogP contribution in [0.15, 0.2) is 79.0 Å². The number of benzene rings is 2. The lowest BCUT2D eigenvalue weighted by Crippen LogP contribution is -2.34. The van der Waals surface area contributed by atoms with E-state index >= 15 is 0 Å². The van der Waals surface area contributed by atoms with Gasteiger partial charge in [-0.15, -0.1) is 0 Å². The lowest BCUT2D eigenvalue weighted by atomic mass is 9.99. The molecule has 3 aromatic rings. The van der Waals surface area contributed by atoms with E-state index in [1.54, 1.807) is 42.5 Å². The maximum atomic E-state index is 12.9. The maximum absolute atomic E-state index is 12.9. The Labute approximate surface area is 195 Å². The van der Waals surface area contributed by atoms with Crippen LogP contribution in [-0.4, -0.2) is 38.3 Å². The first-order chi connectivity index (χ1) is 16.3. The highest BCUT2D eigenvalue weighted by Gasteiger charge is 2.38. The van der Waals surface area contributed by atoms with Gasteiger partial charge in [-0.1, -0.05) is 48.5 Å². The van der Waals surface area contributed by atoms with E-state index in [4.69, 9.17) is 9.90 Å². The Hall–Kier alpha value is -4.09. The number of carbonyl (C=O) groups is 2. The fraction of sp³-hybridized carbons (Fsp3) is 0.174. The molecule has 0 unspecified atom stereocenters. The van der Waals surface area contributed by atoms with Gasteiger partial charge < -0.3 is 10.2 Å². The first-order valence-electron chi connectivity index (χ1n) is 9.72. The summed E-state index contributed by atoms with van der Waals surface area (Å²) in [6.07, 6.45) is -9.22. The Morgan fingerprint density at radius 1 is 0.829 bits per heavy atom. The summed E-state index contributed by atoms with van der Waals surface area (Å²) in [7, 11) is 0. The minimum Gasteiger partial charge on any atom is -0.475 e. The molecule has 0 spiro atoms. The summed E-state index contributed by atoms with van der Waals surface area (Å²) >= 11 is 0. The predicted molar refractivity (Wildman–Crippen MR) is 111 cm³/mol. The molecule has 0 saturated carbocycles. The Morgan fingerprint density at radius 3 is 1.80 bits per heavy atom. The SMILES string of the molecule is O=C(O)C(F)(F)F.O=C(O)N(Cc1ccccc1)[C@@H](c1ccc(C(F)(F)F)cc1)c1ccccn1. The normalized spacial score (nSPS) is 12.2. The third kappa shape index (κ3) is 8.02. The van der Waals surface area contributed by atoms with Crippen LogP contribution in [0.1, 0.15) is 28.4 Å². The number of aromatic nitrogens is 1. The van der Waals surface area contributed by atoms with Crippen LogP contribution in [0.5, 0.6) is 0 Å². The number of halogens is 6. The molecule has 12 heteroatoms. The van der Waals surface area contributed by atoms with Crippen molar-refractivity contribution in [2.24, 2.45) is 0 Å². The number of hydrogen-bond donors (Lipinski definition) is 2. The fourth-order valence-corrected chi connectivity index (χ4v) is 2.95. The summed E-state index contributed by atoms with van der Waals surface area (Å²) in [5.41, 5.74) is 0.810. The van der Waals surface area contributed by atoms with Gasteiger partial charge in [-0.05, 0) is 35.4 Å². The van der Waals surface area contributed by atoms with Crippen LogP contribution < -0.4 is 0 Å². The van der Waals surface area contributed by atoms with Gasteiger partial charge in [0.05, 0.1) is 17.8 Å². The third-order valence-electron chi connectivity index (χ3n) is 4.52. The molecule has 0 fully saturated rings. The van der Waals surface area contributed by atoms with Crippen molar-refractivity contribution >= 4 is 12.1 Å². The van der Waals surface area contributed by atoms with Crippen LogP contribution in [-0.2, 0) is 17.5 Å². The Bertz CT molecular complexity index is 1100. The van der Waals surface area contributed by atoms with E-state index in [1.165, 1.54) is 23.2 Å². The first kappa shape index (κ1) is 27.2. The first-order valence-corrected chi connectivity index (χ1v) is 9.72. The van der Waals surface area contributed by atoms with Crippen LogP contribution >= 0.6 is 0 Å². The molecule has 6 nitrogen and oxygen atoms in total. The number of carboxylic acids is 1. The second-order valence-corrected chi connectivity index (χ2v) is 6.98. The standard InChI is InChI=1S/C21H17F3N2O2.C2HF3O2/c22-21(23,24)17-11-9-16(10-12-17)19(18-8-4-5-13-25-18)26(20(27)28)14-15-6-2-1-3-7-15;3-2(4,5)1(6)7/h1-13,19H,14H2,(H,27,28);(H,6,7)/t19-;/m0./s1. The van der Waals surface area contributed by atoms with Crippen LogP contribution in [0.2, 0.25) is 0 Å². The van der Waals surface area contributed by atoms with Gasteiger partial charge in [-0.2, -0.15) is 26.3 Å². The lowest BCUT2D eigenvalue weighted by molar-refractivity contribution is -0.192. The molecule has 2 N–H and O–H groups in total. The number of hydrogen-bond acceptors (Lipinski definition) is 3. The van der Waals surface area contributed by atoms with E-state index in [0.717, 1.165) is 17.7 Å². The smallest absolute Gasteiger partial charge is 0.475 e. The molecule has 1 amide bonds. The van der Waals surface area contributed by atoms with Crippen LogP contribution in [0.25, 0.3) is 0 Å². The number of alkyl halides is 6. The van der Waals surface area contributed by atoms with Crippen molar-refractivity contribution in [1.82, 2.24) is 9.88 Å². The number of nitrogens with zero attached hydrogens (tertiary/aromatic N) is 2. The molecule has 3 rings (SSSR count). The number of amides is 1. The number of carboxylic acid groups (broad SMARTS) is 2. The molecule has 1 aromatic heterocycles. The Balaban J connectivity index is 0.000000540. The zero-order valence-corrected chi connectivity index (χ0v) is 17.7. The Morgan fingerprint density at radius 2 is 1.37 bits per heavy atom. The monoisotopic (exact) mass is 500 g/mol. The van der Waals surface area contributed by atoms with E-state index in [-0.39, 0.29) is 6.54 Å². The topological polar surface area (TPSA) is 90.7 Å². The molecule has 186 valence electrons. The molecular formula is C23H18F6N2O4. The zero-order valence-electron chi connectivity index (χ0n) is 17.7. The van der Waals surface area contributed by atoms with Gasteiger partial charge in [-0.25, -0.2) is 9.59 Å². The predicted octanol–water partition coefficient (Wildman–Crippen LogP) is 6.00. The minimum absolute atomic E-state index is 0.0679. The molecule has 1 heterocycles. The number of rotatable bonds is 5. The molecule has 0 radical (unpaired) electrons. The molecule has 0 aliphatic carbocycles. The molecular weight excluding hydrogens is 482 g/mol. The largest absolute Gasteiger partial charge is 0.490 e. The second-order valence-electron chi connectivity index (χ2n) is 6.98. The molecule has 0 bridgehead atoms. The zero-order chi connectivity index (χ0) is 26.2. The van der Waals surface area contributed by atoms with Gasteiger partial charge >= 0.3 is 24.4 Å². The third-order valence-corrected chi connectivity index (χ3v) is 4.52. The maximum Gasteiger partial charge on any atom is 0.490 e. The molecule has 35 heavy (non-hydrogen) atoms. The number of pyridine rings is 1. The summed E-state index contributed by atoms with van der Waals surface area (Å²) in [6, 6.07) is 17.7. The van der Waals surface area contributed by atoms with Crippen LogP contribution in [0.3, 0.4) is 0 Å². The van der Waals surface area contributed by atoms with Gasteiger partial charge in [-0.3, -0.25) is 9.88 Å². The summed E-state index contributed by atoms with van der Waals surface area (Å²) < 4.78 is 70.4. The van der Waals surface area contributed by atoms with E-state index in [2.05, 4.69) is 4.98 Å². The fourth-order valence-electron chi connectivity index (χ4n) is 2.95. The summed E-state index contributed by atoms with van der Waals surface area (Å²) in [6.45, 7) is 0.0679. The molecule has 1 atom stereocenters. The van der Waals surface area contributed by atoms with Gasteiger partial charge in [0.2, 0.25) is 0 Å². The van der Waals surface area contributed by atoms with Crippen molar-refractivity contribution in [1.29, 1.82) is 0 Å². The van der Waals surface area contributed by atoms with E-state index in [0.29, 0.717) is 11.3 Å². The van der Waals surface area contributed by atoms with Crippen molar-refractivity contribution < 1.29 is 46.1 Å². The second kappa shape index (κ2) is 11.4. The molecule has 0 aliphatic rings. The molecule has 0 saturated heterocycles. The summed E-state index contributed by atoms with van der Waals surface area (Å²) in [5, 5.41) is 17.0. The van der Waals surface area contributed by atoms with Crippen molar-refractivity contribution in [3.05, 3.63) is 101 Å². The minimum atomic E-state index is -5.08. The average molecular weight is 500 g/mol. The van der Waals surface area contributed by atoms with Crippen LogP contribution in [0, 0.1) is 0 Å². The molecule has 2 aromatic carbocycles. The van der Waals surface area contributed by atoms with E-state index < -0.39 is 36.0 Å². The van der Waals surface area contributed by atoms with Gasteiger partial charge in [0, 0.05) is 6.20 Å². The average Bonchev–Trinajstić information content (AvgIpc) is 2.79. The summed E-state index contributed by atoms with van der Waals surface area (Å²) in [5.74, 6) is -2.76. The van der Waals surface area contributed by atoms with Crippen molar-refractivity contribution in [2.45, 2.75) is 24.9 Å². The van der Waals surface area contributed by atoms with Crippen molar-refractivity contribution in [3.63, 3.8) is 0 Å².